The van der Waals surface area contributed by atoms with E-state index in [-0.39, 0.29) is 6.04 Å². The van der Waals surface area contributed by atoms with Gasteiger partial charge >= 0.3 is 0 Å². The molecule has 0 bridgehead atoms. The first-order valence-electron chi connectivity index (χ1n) is 6.66. The van der Waals surface area contributed by atoms with E-state index in [0.717, 1.165) is 25.0 Å². The van der Waals surface area contributed by atoms with Gasteiger partial charge in [0.1, 0.15) is 5.75 Å². The molecule has 3 N–H and O–H groups in total. The van der Waals surface area contributed by atoms with Crippen molar-refractivity contribution in [2.75, 3.05) is 7.11 Å². The maximum absolute atomic E-state index is 10.00. The van der Waals surface area contributed by atoms with Crippen LogP contribution in [0.1, 0.15) is 37.3 Å². The number of ether oxygens (including phenoxy) is 1. The van der Waals surface area contributed by atoms with Crippen molar-refractivity contribution >= 4 is 0 Å². The molecular weight excluding hydrogens is 226 g/mol. The van der Waals surface area contributed by atoms with Crippen molar-refractivity contribution in [1.82, 2.24) is 0 Å². The van der Waals surface area contributed by atoms with Crippen molar-refractivity contribution in [2.45, 2.75) is 51.7 Å². The van der Waals surface area contributed by atoms with Crippen LogP contribution in [-0.2, 0) is 6.42 Å². The van der Waals surface area contributed by atoms with Crippen LogP contribution in [0.25, 0.3) is 0 Å². The Bertz CT molecular complexity index is 366. The van der Waals surface area contributed by atoms with Gasteiger partial charge in [-0.3, -0.25) is 0 Å². The van der Waals surface area contributed by atoms with Crippen molar-refractivity contribution in [3.8, 4) is 5.75 Å². The van der Waals surface area contributed by atoms with E-state index in [2.05, 4.69) is 19.9 Å². The topological polar surface area (TPSA) is 55.5 Å². The minimum atomic E-state index is -0.436. The lowest BCUT2D eigenvalue weighted by molar-refractivity contribution is 0.130. The average molecular weight is 251 g/mol. The summed E-state index contributed by atoms with van der Waals surface area (Å²) in [6, 6.07) is 5.89. The fourth-order valence-electron chi connectivity index (χ4n) is 2.22. The minimum absolute atomic E-state index is 0.120. The van der Waals surface area contributed by atoms with Crippen LogP contribution < -0.4 is 10.5 Å². The summed E-state index contributed by atoms with van der Waals surface area (Å²) in [7, 11) is 1.68. The Morgan fingerprint density at radius 3 is 2.67 bits per heavy atom. The molecule has 0 aromatic heterocycles. The molecule has 2 unspecified atom stereocenters. The number of aliphatic hydroxyl groups excluding tert-OH is 1. The van der Waals surface area contributed by atoms with Gasteiger partial charge in [0.2, 0.25) is 0 Å². The number of aliphatic hydroxyl groups is 1. The van der Waals surface area contributed by atoms with E-state index >= 15 is 0 Å². The lowest BCUT2D eigenvalue weighted by Crippen LogP contribution is -2.34. The lowest BCUT2D eigenvalue weighted by Gasteiger charge is -2.19. The zero-order valence-corrected chi connectivity index (χ0v) is 11.6. The minimum Gasteiger partial charge on any atom is -0.496 e. The molecule has 3 nitrogen and oxygen atoms in total. The molecule has 0 spiro atoms. The van der Waals surface area contributed by atoms with Crippen LogP contribution in [-0.4, -0.2) is 24.4 Å². The molecule has 0 aliphatic heterocycles. The van der Waals surface area contributed by atoms with Crippen molar-refractivity contribution in [1.29, 1.82) is 0 Å². The van der Waals surface area contributed by atoms with Crippen LogP contribution in [0.15, 0.2) is 18.2 Å². The van der Waals surface area contributed by atoms with Crippen LogP contribution >= 0.6 is 0 Å². The number of nitrogens with two attached hydrogens (primary N) is 1. The molecule has 0 saturated carbocycles. The zero-order valence-electron chi connectivity index (χ0n) is 11.6. The fraction of sp³-hybridized carbons (Fsp3) is 0.600. The van der Waals surface area contributed by atoms with Gasteiger partial charge in [-0.2, -0.15) is 0 Å². The van der Waals surface area contributed by atoms with Crippen molar-refractivity contribution < 1.29 is 9.84 Å². The Labute approximate surface area is 110 Å². The fourth-order valence-corrected chi connectivity index (χ4v) is 2.22. The third-order valence-corrected chi connectivity index (χ3v) is 3.39. The number of benzene rings is 1. The molecule has 0 amide bonds. The molecule has 102 valence electrons. The molecular formula is C15H25NO2. The molecule has 1 aromatic rings. The van der Waals surface area contributed by atoms with Gasteiger partial charge < -0.3 is 15.6 Å². The van der Waals surface area contributed by atoms with Crippen LogP contribution in [0.3, 0.4) is 0 Å². The van der Waals surface area contributed by atoms with Gasteiger partial charge in [-0.15, -0.1) is 0 Å². The van der Waals surface area contributed by atoms with Gasteiger partial charge in [0.25, 0.3) is 0 Å². The average Bonchev–Trinajstić information content (AvgIpc) is 2.36. The van der Waals surface area contributed by atoms with Gasteiger partial charge in [-0.05, 0) is 43.4 Å². The van der Waals surface area contributed by atoms with Gasteiger partial charge in [0.05, 0.1) is 13.2 Å². The smallest absolute Gasteiger partial charge is 0.122 e. The first-order chi connectivity index (χ1) is 8.60. The highest BCUT2D eigenvalue weighted by Gasteiger charge is 2.15. The normalized spacial score (nSPS) is 14.3. The standard InChI is InChI=1S/C15H25NO2/c1-4-6-13(16)14(17)10-9-12-11(2)7-5-8-15(12)18-3/h5,7-8,13-14,17H,4,6,9-10,16H2,1-3H3. The van der Waals surface area contributed by atoms with Crippen LogP contribution in [0, 0.1) is 6.92 Å². The Morgan fingerprint density at radius 1 is 1.33 bits per heavy atom. The van der Waals surface area contributed by atoms with Crippen LogP contribution in [0.2, 0.25) is 0 Å². The van der Waals surface area contributed by atoms with E-state index in [1.54, 1.807) is 7.11 Å². The second-order valence-corrected chi connectivity index (χ2v) is 4.81. The van der Waals surface area contributed by atoms with Crippen LogP contribution in [0.4, 0.5) is 0 Å². The monoisotopic (exact) mass is 251 g/mol. The SMILES string of the molecule is CCCC(N)C(O)CCc1c(C)cccc1OC. The van der Waals surface area contributed by atoms with E-state index < -0.39 is 6.10 Å². The summed E-state index contributed by atoms with van der Waals surface area (Å²) < 4.78 is 5.35. The van der Waals surface area contributed by atoms with E-state index in [9.17, 15) is 5.11 Å². The molecule has 0 heterocycles. The Hall–Kier alpha value is -1.06. The summed E-state index contributed by atoms with van der Waals surface area (Å²) in [5.74, 6) is 0.895. The summed E-state index contributed by atoms with van der Waals surface area (Å²) >= 11 is 0. The van der Waals surface area contributed by atoms with Crippen molar-refractivity contribution in [2.24, 2.45) is 5.73 Å². The predicted molar refractivity (Wildman–Crippen MR) is 74.9 cm³/mol. The predicted octanol–water partition coefficient (Wildman–Crippen LogP) is 2.42. The lowest BCUT2D eigenvalue weighted by atomic mass is 9.97. The summed E-state index contributed by atoms with van der Waals surface area (Å²) in [6.07, 6.45) is 2.92. The highest BCUT2D eigenvalue weighted by Crippen LogP contribution is 2.24. The molecule has 0 saturated heterocycles. The highest BCUT2D eigenvalue weighted by molar-refractivity contribution is 5.39. The number of hydrogen-bond donors (Lipinski definition) is 2. The molecule has 0 aliphatic rings. The van der Waals surface area contributed by atoms with Crippen molar-refractivity contribution in [3.63, 3.8) is 0 Å². The third kappa shape index (κ3) is 4.00. The Morgan fingerprint density at radius 2 is 2.06 bits per heavy atom. The second-order valence-electron chi connectivity index (χ2n) is 4.81. The molecule has 0 fully saturated rings. The van der Waals surface area contributed by atoms with E-state index in [1.807, 2.05) is 12.1 Å². The molecule has 18 heavy (non-hydrogen) atoms. The second kappa shape index (κ2) is 7.39. The summed E-state index contributed by atoms with van der Waals surface area (Å²) in [5.41, 5.74) is 8.29. The maximum Gasteiger partial charge on any atom is 0.122 e. The highest BCUT2D eigenvalue weighted by atomic mass is 16.5. The van der Waals surface area contributed by atoms with Crippen molar-refractivity contribution in [3.05, 3.63) is 29.3 Å². The molecule has 3 heteroatoms. The molecule has 2 atom stereocenters. The first-order valence-corrected chi connectivity index (χ1v) is 6.66. The number of methoxy groups -OCH3 is 1. The Kier molecular flexibility index (Phi) is 6.16. The van der Waals surface area contributed by atoms with E-state index in [1.165, 1.54) is 11.1 Å². The van der Waals surface area contributed by atoms with E-state index in [4.69, 9.17) is 10.5 Å². The first kappa shape index (κ1) is 15.0. The summed E-state index contributed by atoms with van der Waals surface area (Å²) in [5, 5.41) is 10.00. The van der Waals surface area contributed by atoms with Gasteiger partial charge in [-0.1, -0.05) is 25.5 Å². The van der Waals surface area contributed by atoms with Crippen LogP contribution in [0.5, 0.6) is 5.75 Å². The molecule has 0 aliphatic carbocycles. The molecule has 0 radical (unpaired) electrons. The number of hydrogen-bond acceptors (Lipinski definition) is 3. The number of rotatable bonds is 7. The van der Waals surface area contributed by atoms with E-state index in [0.29, 0.717) is 6.42 Å². The van der Waals surface area contributed by atoms with Gasteiger partial charge in [0, 0.05) is 6.04 Å². The zero-order chi connectivity index (χ0) is 13.5. The Balaban J connectivity index is 2.63. The largest absolute Gasteiger partial charge is 0.496 e. The summed E-state index contributed by atoms with van der Waals surface area (Å²) in [6.45, 7) is 4.15. The quantitative estimate of drug-likeness (QED) is 0.782. The maximum atomic E-state index is 10.00. The summed E-state index contributed by atoms with van der Waals surface area (Å²) in [4.78, 5) is 0. The third-order valence-electron chi connectivity index (χ3n) is 3.39. The van der Waals surface area contributed by atoms with Gasteiger partial charge in [0.15, 0.2) is 0 Å². The number of aryl methyl sites for hydroxylation is 1. The molecule has 1 rings (SSSR count). The van der Waals surface area contributed by atoms with Gasteiger partial charge in [-0.25, -0.2) is 0 Å². The molecule has 1 aromatic carbocycles.